The van der Waals surface area contributed by atoms with Gasteiger partial charge >= 0.3 is 0 Å². The molecule has 3 aromatic rings. The minimum Gasteiger partial charge on any atom is -0.352 e. The van der Waals surface area contributed by atoms with Gasteiger partial charge in [0.1, 0.15) is 0 Å². The molecule has 0 spiro atoms. The van der Waals surface area contributed by atoms with E-state index in [1.165, 1.54) is 5.56 Å². The Bertz CT molecular complexity index is 907. The molecule has 4 heterocycles. The van der Waals surface area contributed by atoms with Gasteiger partial charge in [-0.3, -0.25) is 9.48 Å². The second-order valence-corrected chi connectivity index (χ2v) is 7.56. The number of hydrogen-bond acceptors (Lipinski definition) is 6. The summed E-state index contributed by atoms with van der Waals surface area (Å²) in [7, 11) is 1.89. The van der Waals surface area contributed by atoms with Crippen molar-refractivity contribution in [2.45, 2.75) is 25.3 Å². The standard InChI is InChI=1S/C19H22N6OS/c1-24-11-15(10-21-24)17-4-7-20-19(23-17)25-8-5-16(12-25)22-18(26)3-2-14-6-9-27-13-14/h4,6-7,9-11,13,16H,2-3,5,8,12H2,1H3,(H,22,26). The fourth-order valence-corrected chi connectivity index (χ4v) is 3.97. The molecule has 1 unspecified atom stereocenters. The van der Waals surface area contributed by atoms with E-state index in [-0.39, 0.29) is 11.9 Å². The van der Waals surface area contributed by atoms with E-state index >= 15 is 0 Å². The lowest BCUT2D eigenvalue weighted by atomic mass is 10.2. The quantitative estimate of drug-likeness (QED) is 0.708. The predicted octanol–water partition coefficient (Wildman–Crippen LogP) is 2.27. The zero-order valence-corrected chi connectivity index (χ0v) is 16.0. The van der Waals surface area contributed by atoms with E-state index in [4.69, 9.17) is 0 Å². The third-order valence-electron chi connectivity index (χ3n) is 4.70. The van der Waals surface area contributed by atoms with Gasteiger partial charge in [0.05, 0.1) is 11.9 Å². The predicted molar refractivity (Wildman–Crippen MR) is 106 cm³/mol. The Balaban J connectivity index is 1.33. The van der Waals surface area contributed by atoms with Gasteiger partial charge in [0, 0.05) is 50.6 Å². The third kappa shape index (κ3) is 4.33. The maximum absolute atomic E-state index is 12.2. The largest absolute Gasteiger partial charge is 0.352 e. The number of aryl methyl sites for hydroxylation is 2. The monoisotopic (exact) mass is 382 g/mol. The summed E-state index contributed by atoms with van der Waals surface area (Å²) in [6, 6.07) is 4.10. The van der Waals surface area contributed by atoms with Crippen LogP contribution < -0.4 is 10.2 Å². The van der Waals surface area contributed by atoms with E-state index in [9.17, 15) is 4.79 Å². The molecule has 0 radical (unpaired) electrons. The summed E-state index contributed by atoms with van der Waals surface area (Å²) >= 11 is 1.67. The molecule has 1 aliphatic heterocycles. The van der Waals surface area contributed by atoms with Gasteiger partial charge in [0.15, 0.2) is 0 Å². The van der Waals surface area contributed by atoms with Gasteiger partial charge in [-0.25, -0.2) is 9.97 Å². The molecule has 1 aliphatic rings. The topological polar surface area (TPSA) is 75.9 Å². The van der Waals surface area contributed by atoms with E-state index < -0.39 is 0 Å². The Hall–Kier alpha value is -2.74. The van der Waals surface area contributed by atoms with E-state index in [1.54, 1.807) is 28.4 Å². The Morgan fingerprint density at radius 1 is 1.41 bits per heavy atom. The van der Waals surface area contributed by atoms with E-state index in [0.717, 1.165) is 37.2 Å². The summed E-state index contributed by atoms with van der Waals surface area (Å²) in [6.07, 6.45) is 7.74. The lowest BCUT2D eigenvalue weighted by Gasteiger charge is -2.17. The van der Waals surface area contributed by atoms with E-state index in [0.29, 0.717) is 12.4 Å². The number of thiophene rings is 1. The van der Waals surface area contributed by atoms with Gasteiger partial charge in [-0.2, -0.15) is 16.4 Å². The molecule has 0 aromatic carbocycles. The van der Waals surface area contributed by atoms with Crippen molar-refractivity contribution in [3.63, 3.8) is 0 Å². The summed E-state index contributed by atoms with van der Waals surface area (Å²) in [5.41, 5.74) is 3.05. The number of nitrogens with one attached hydrogen (secondary N) is 1. The Morgan fingerprint density at radius 3 is 3.11 bits per heavy atom. The lowest BCUT2D eigenvalue weighted by molar-refractivity contribution is -0.121. The van der Waals surface area contributed by atoms with Crippen LogP contribution in [0.2, 0.25) is 0 Å². The van der Waals surface area contributed by atoms with Crippen LogP contribution in [0.3, 0.4) is 0 Å². The first-order chi connectivity index (χ1) is 13.2. The second kappa shape index (κ2) is 7.87. The fraction of sp³-hybridized carbons (Fsp3) is 0.368. The molecular formula is C19H22N6OS. The highest BCUT2D eigenvalue weighted by molar-refractivity contribution is 7.07. The lowest BCUT2D eigenvalue weighted by Crippen LogP contribution is -2.37. The first-order valence-corrected chi connectivity index (χ1v) is 9.99. The molecule has 27 heavy (non-hydrogen) atoms. The van der Waals surface area contributed by atoms with Gasteiger partial charge in [0.2, 0.25) is 11.9 Å². The van der Waals surface area contributed by atoms with Crippen LogP contribution in [0.4, 0.5) is 5.95 Å². The van der Waals surface area contributed by atoms with Crippen molar-refractivity contribution in [2.75, 3.05) is 18.0 Å². The maximum atomic E-state index is 12.2. The number of amides is 1. The molecule has 3 aromatic heterocycles. The smallest absolute Gasteiger partial charge is 0.225 e. The molecule has 1 fully saturated rings. The number of carbonyl (C=O) groups excluding carboxylic acids is 1. The molecule has 140 valence electrons. The second-order valence-electron chi connectivity index (χ2n) is 6.78. The van der Waals surface area contributed by atoms with Gasteiger partial charge in [0.25, 0.3) is 0 Å². The Morgan fingerprint density at radius 2 is 2.33 bits per heavy atom. The number of nitrogens with zero attached hydrogens (tertiary/aromatic N) is 5. The van der Waals surface area contributed by atoms with Gasteiger partial charge < -0.3 is 10.2 Å². The van der Waals surface area contributed by atoms with Crippen LogP contribution in [0.5, 0.6) is 0 Å². The third-order valence-corrected chi connectivity index (χ3v) is 5.43. The van der Waals surface area contributed by atoms with Crippen molar-refractivity contribution in [2.24, 2.45) is 7.05 Å². The highest BCUT2D eigenvalue weighted by atomic mass is 32.1. The Kier molecular flexibility index (Phi) is 5.15. The molecule has 1 atom stereocenters. The fourth-order valence-electron chi connectivity index (χ4n) is 3.27. The minimum atomic E-state index is 0.109. The molecular weight excluding hydrogens is 360 g/mol. The Labute approximate surface area is 162 Å². The number of rotatable bonds is 6. The van der Waals surface area contributed by atoms with Crippen molar-refractivity contribution in [1.82, 2.24) is 25.1 Å². The summed E-state index contributed by atoms with van der Waals surface area (Å²) < 4.78 is 1.76. The van der Waals surface area contributed by atoms with Crippen LogP contribution in [0, 0.1) is 0 Å². The summed E-state index contributed by atoms with van der Waals surface area (Å²) in [5, 5.41) is 11.5. The zero-order chi connectivity index (χ0) is 18.6. The van der Waals surface area contributed by atoms with E-state index in [2.05, 4.69) is 36.7 Å². The highest BCUT2D eigenvalue weighted by Crippen LogP contribution is 2.21. The molecule has 8 heteroatoms. The molecule has 1 saturated heterocycles. The highest BCUT2D eigenvalue weighted by Gasteiger charge is 2.25. The molecule has 4 rings (SSSR count). The summed E-state index contributed by atoms with van der Waals surface area (Å²) in [5.74, 6) is 0.810. The van der Waals surface area contributed by atoms with Crippen LogP contribution in [0.25, 0.3) is 11.3 Å². The first kappa shape index (κ1) is 17.7. The molecule has 1 amide bonds. The van der Waals surface area contributed by atoms with Crippen molar-refractivity contribution in [3.8, 4) is 11.3 Å². The molecule has 7 nitrogen and oxygen atoms in total. The van der Waals surface area contributed by atoms with Crippen LogP contribution in [0.1, 0.15) is 18.4 Å². The van der Waals surface area contributed by atoms with Crippen LogP contribution in [-0.4, -0.2) is 44.8 Å². The average Bonchev–Trinajstić information content (AvgIpc) is 3.42. The van der Waals surface area contributed by atoms with E-state index in [1.807, 2.05) is 24.7 Å². The summed E-state index contributed by atoms with van der Waals surface area (Å²) in [6.45, 7) is 1.58. The van der Waals surface area contributed by atoms with Crippen LogP contribution in [-0.2, 0) is 18.3 Å². The zero-order valence-electron chi connectivity index (χ0n) is 15.2. The molecule has 1 N–H and O–H groups in total. The number of hydrogen-bond donors (Lipinski definition) is 1. The average molecular weight is 382 g/mol. The number of aromatic nitrogens is 4. The van der Waals surface area contributed by atoms with Crippen molar-refractivity contribution in [1.29, 1.82) is 0 Å². The van der Waals surface area contributed by atoms with Gasteiger partial charge in [-0.05, 0) is 41.3 Å². The van der Waals surface area contributed by atoms with Crippen molar-refractivity contribution in [3.05, 3.63) is 47.0 Å². The molecule has 0 saturated carbocycles. The minimum absolute atomic E-state index is 0.109. The van der Waals surface area contributed by atoms with Crippen molar-refractivity contribution >= 4 is 23.2 Å². The van der Waals surface area contributed by atoms with Gasteiger partial charge in [-0.1, -0.05) is 0 Å². The summed E-state index contributed by atoms with van der Waals surface area (Å²) in [4.78, 5) is 23.4. The maximum Gasteiger partial charge on any atom is 0.225 e. The normalized spacial score (nSPS) is 16.6. The molecule has 0 bridgehead atoms. The first-order valence-electron chi connectivity index (χ1n) is 9.05. The SMILES string of the molecule is Cn1cc(-c2ccnc(N3CCC(NC(=O)CCc4ccsc4)C3)n2)cn1. The van der Waals surface area contributed by atoms with Crippen LogP contribution in [0.15, 0.2) is 41.5 Å². The number of anilines is 1. The number of carbonyl (C=O) groups is 1. The van der Waals surface area contributed by atoms with Crippen molar-refractivity contribution < 1.29 is 4.79 Å². The molecule has 0 aliphatic carbocycles. The van der Waals surface area contributed by atoms with Crippen LogP contribution >= 0.6 is 11.3 Å². The van der Waals surface area contributed by atoms with Gasteiger partial charge in [-0.15, -0.1) is 0 Å².